The minimum atomic E-state index is -5.02. The van der Waals surface area contributed by atoms with E-state index in [-0.39, 0.29) is 45.3 Å². The first-order valence-electron chi connectivity index (χ1n) is 12.2. The van der Waals surface area contributed by atoms with Gasteiger partial charge in [-0.1, -0.05) is 30.0 Å². The number of carbonyl (C=O) groups excluding carboxylic acids is 1. The average Bonchev–Trinajstić information content (AvgIpc) is 3.21. The van der Waals surface area contributed by atoms with Crippen LogP contribution in [0.3, 0.4) is 0 Å². The minimum absolute atomic E-state index is 0.0250. The van der Waals surface area contributed by atoms with Crippen molar-refractivity contribution in [2.45, 2.75) is 18.5 Å². The van der Waals surface area contributed by atoms with Gasteiger partial charge >= 0.3 is 18.3 Å². The lowest BCUT2D eigenvalue weighted by Crippen LogP contribution is -2.46. The van der Waals surface area contributed by atoms with Crippen molar-refractivity contribution in [1.82, 2.24) is 15.4 Å². The normalized spacial score (nSPS) is 15.7. The van der Waals surface area contributed by atoms with E-state index in [4.69, 9.17) is 17.3 Å². The number of alkyl halides is 6. The van der Waals surface area contributed by atoms with E-state index in [0.29, 0.717) is 17.8 Å². The molecule has 1 aromatic heterocycles. The van der Waals surface area contributed by atoms with Crippen molar-refractivity contribution >= 4 is 51.9 Å². The number of pyridine rings is 1. The molecule has 2 heterocycles. The molecular weight excluding hydrogens is 622 g/mol. The summed E-state index contributed by atoms with van der Waals surface area (Å²) < 4.78 is 79.8. The van der Waals surface area contributed by atoms with E-state index in [1.807, 2.05) is 0 Å². The quantitative estimate of drug-likeness (QED) is 0.133. The Labute approximate surface area is 249 Å². The number of nitrogens with zero attached hydrogens (tertiary/aromatic N) is 2. The summed E-state index contributed by atoms with van der Waals surface area (Å²) in [5, 5.41) is 23.2. The summed E-state index contributed by atoms with van der Waals surface area (Å²) in [6, 6.07) is 11.0. The number of hydrazine groups is 1. The molecule has 4 N–H and O–H groups in total. The number of aliphatic hydroxyl groups is 1. The van der Waals surface area contributed by atoms with Crippen LogP contribution in [0, 0.1) is 0 Å². The van der Waals surface area contributed by atoms with Crippen molar-refractivity contribution < 1.29 is 46.1 Å². The Balaban J connectivity index is 1.44. The molecule has 1 unspecified atom stereocenters. The molecule has 0 bridgehead atoms. The molecule has 1 aliphatic heterocycles. The van der Waals surface area contributed by atoms with Crippen LogP contribution in [-0.2, 0) is 17.1 Å². The zero-order chi connectivity index (χ0) is 31.5. The summed E-state index contributed by atoms with van der Waals surface area (Å²) in [5.41, 5.74) is -0.0847. The third-order valence-electron chi connectivity index (χ3n) is 5.89. The van der Waals surface area contributed by atoms with E-state index in [0.717, 1.165) is 16.8 Å². The summed E-state index contributed by atoms with van der Waals surface area (Å²) in [4.78, 5) is 28.1. The maximum absolute atomic E-state index is 13.3. The van der Waals surface area contributed by atoms with Gasteiger partial charge in [0.15, 0.2) is 4.32 Å². The number of aromatic carboxylic acids is 1. The topological polar surface area (TPSA) is 115 Å². The maximum Gasteiger partial charge on any atom is 0.416 e. The molecule has 1 amide bonds. The van der Waals surface area contributed by atoms with Crippen LogP contribution in [0.2, 0.25) is 0 Å². The molecule has 4 rings (SSSR count). The van der Waals surface area contributed by atoms with Crippen LogP contribution < -0.4 is 10.7 Å². The Morgan fingerprint density at radius 2 is 1.63 bits per heavy atom. The summed E-state index contributed by atoms with van der Waals surface area (Å²) >= 11 is 6.10. The summed E-state index contributed by atoms with van der Waals surface area (Å²) in [6.07, 6.45) is -9.75. The van der Waals surface area contributed by atoms with E-state index in [1.165, 1.54) is 48.5 Å². The lowest BCUT2D eigenvalue weighted by atomic mass is 10.0. The lowest BCUT2D eigenvalue weighted by Gasteiger charge is -2.19. The monoisotopic (exact) mass is 642 g/mol. The molecule has 16 heteroatoms. The molecule has 0 aliphatic carbocycles. The Hall–Kier alpha value is -3.99. The highest BCUT2D eigenvalue weighted by Gasteiger charge is 2.37. The van der Waals surface area contributed by atoms with Gasteiger partial charge in [-0.3, -0.25) is 4.79 Å². The number of thioether (sulfide) groups is 1. The molecule has 1 fully saturated rings. The minimum Gasteiger partial charge on any atom is -0.478 e. The van der Waals surface area contributed by atoms with Crippen LogP contribution in [0.4, 0.5) is 32.0 Å². The lowest BCUT2D eigenvalue weighted by molar-refractivity contribution is -0.143. The van der Waals surface area contributed by atoms with E-state index in [1.54, 1.807) is 0 Å². The van der Waals surface area contributed by atoms with Gasteiger partial charge in [0.2, 0.25) is 0 Å². The summed E-state index contributed by atoms with van der Waals surface area (Å²) in [7, 11) is 0. The fraction of sp³-hybridized carbons (Fsp3) is 0.185. The number of amides is 1. The number of anilines is 1. The van der Waals surface area contributed by atoms with Gasteiger partial charge in [-0.25, -0.2) is 20.2 Å². The van der Waals surface area contributed by atoms with Gasteiger partial charge in [0, 0.05) is 24.3 Å². The molecular formula is C27H20F6N4O4S2. The van der Waals surface area contributed by atoms with Gasteiger partial charge < -0.3 is 15.5 Å². The largest absolute Gasteiger partial charge is 0.478 e. The number of carbonyl (C=O) groups is 2. The highest BCUT2D eigenvalue weighted by Crippen LogP contribution is 2.38. The van der Waals surface area contributed by atoms with Gasteiger partial charge in [-0.2, -0.15) is 26.3 Å². The zero-order valence-electron chi connectivity index (χ0n) is 21.5. The van der Waals surface area contributed by atoms with Gasteiger partial charge in [0.05, 0.1) is 39.1 Å². The highest BCUT2D eigenvalue weighted by atomic mass is 32.2. The molecule has 1 aliphatic rings. The number of benzene rings is 2. The molecule has 0 radical (unpaired) electrons. The Kier molecular flexibility index (Phi) is 9.44. The number of carboxylic acids is 1. The molecule has 1 saturated heterocycles. The maximum atomic E-state index is 13.3. The molecule has 0 spiro atoms. The summed E-state index contributed by atoms with van der Waals surface area (Å²) in [5.74, 6) is -1.68. The second-order valence-electron chi connectivity index (χ2n) is 9.04. The van der Waals surface area contributed by atoms with Gasteiger partial charge in [-0.05, 0) is 60.7 Å². The van der Waals surface area contributed by atoms with Crippen LogP contribution in [0.5, 0.6) is 0 Å². The number of aliphatic hydroxyl groups excluding tert-OH is 1. The second kappa shape index (κ2) is 12.7. The Morgan fingerprint density at radius 3 is 2.21 bits per heavy atom. The van der Waals surface area contributed by atoms with Crippen LogP contribution >= 0.6 is 24.0 Å². The number of aromatic nitrogens is 1. The van der Waals surface area contributed by atoms with E-state index in [2.05, 4.69) is 15.7 Å². The van der Waals surface area contributed by atoms with Crippen molar-refractivity contribution in [3.05, 3.63) is 88.0 Å². The van der Waals surface area contributed by atoms with Crippen LogP contribution in [0.15, 0.2) is 65.6 Å². The Bertz CT molecular complexity index is 1550. The van der Waals surface area contributed by atoms with Gasteiger partial charge in [-0.15, -0.1) is 0 Å². The number of carboxylic acid groups (broad SMARTS) is 1. The molecule has 43 heavy (non-hydrogen) atoms. The number of rotatable bonds is 9. The predicted octanol–water partition coefficient (Wildman–Crippen LogP) is 5.66. The number of hydrogen-bond donors (Lipinski definition) is 4. The zero-order valence-corrected chi connectivity index (χ0v) is 23.2. The molecule has 0 saturated carbocycles. The molecule has 226 valence electrons. The fourth-order valence-electron chi connectivity index (χ4n) is 3.77. The van der Waals surface area contributed by atoms with E-state index >= 15 is 0 Å². The van der Waals surface area contributed by atoms with E-state index < -0.39 is 47.0 Å². The number of halogens is 6. The van der Waals surface area contributed by atoms with Gasteiger partial charge in [0.25, 0.3) is 5.91 Å². The first kappa shape index (κ1) is 31.9. The third-order valence-corrected chi connectivity index (χ3v) is 7.19. The van der Waals surface area contributed by atoms with Gasteiger partial charge in [0.1, 0.15) is 0 Å². The van der Waals surface area contributed by atoms with Crippen molar-refractivity contribution in [3.63, 3.8) is 0 Å². The van der Waals surface area contributed by atoms with Crippen LogP contribution in [-0.4, -0.2) is 55.6 Å². The van der Waals surface area contributed by atoms with Crippen molar-refractivity contribution in [2.75, 3.05) is 18.4 Å². The van der Waals surface area contributed by atoms with Crippen molar-refractivity contribution in [1.29, 1.82) is 0 Å². The third kappa shape index (κ3) is 8.10. The smallest absolute Gasteiger partial charge is 0.416 e. The highest BCUT2D eigenvalue weighted by molar-refractivity contribution is 8.26. The molecule has 3 aromatic rings. The van der Waals surface area contributed by atoms with Crippen molar-refractivity contribution in [3.8, 4) is 11.3 Å². The summed E-state index contributed by atoms with van der Waals surface area (Å²) in [6.45, 7) is -0.0584. The first-order valence-corrected chi connectivity index (χ1v) is 13.4. The Morgan fingerprint density at radius 1 is 1.00 bits per heavy atom. The standard InChI is InChI=1S/C27H20F6N4O4S2/c28-26(29,30)16-8-15(9-17(10-16)27(31,32)33)21-3-1-2-19(36-21)11-22-23(39)37(25(42)43-22)35-13-20(38)12-34-18-6-4-14(5-7-18)24(40)41/h1-11,20,34-35,38H,12-13H2,(H,40,41). The van der Waals surface area contributed by atoms with E-state index in [9.17, 15) is 41.0 Å². The van der Waals surface area contributed by atoms with Crippen LogP contribution in [0.1, 0.15) is 27.2 Å². The second-order valence-corrected chi connectivity index (χ2v) is 10.7. The fourth-order valence-corrected chi connectivity index (χ4v) is 4.97. The first-order chi connectivity index (χ1) is 20.1. The molecule has 1 atom stereocenters. The molecule has 2 aromatic carbocycles. The van der Waals surface area contributed by atoms with Crippen LogP contribution in [0.25, 0.3) is 17.3 Å². The SMILES string of the molecule is O=C(O)c1ccc(NCC(O)CNN2C(=O)C(=Cc3cccc(-c4cc(C(F)(F)F)cc(C(F)(F)F)c4)n3)SC2=S)cc1. The number of nitrogens with one attached hydrogen (secondary N) is 2. The predicted molar refractivity (Wildman–Crippen MR) is 151 cm³/mol. The average molecular weight is 643 g/mol. The number of thiocarbonyl (C=S) groups is 1. The van der Waals surface area contributed by atoms with Crippen molar-refractivity contribution in [2.24, 2.45) is 0 Å². The number of hydrogen-bond acceptors (Lipinski definition) is 8. The molecule has 8 nitrogen and oxygen atoms in total.